The van der Waals surface area contributed by atoms with Gasteiger partial charge in [0.1, 0.15) is 23.1 Å². The smallest absolute Gasteiger partial charge is 0.244 e. The van der Waals surface area contributed by atoms with Gasteiger partial charge in [0, 0.05) is 24.0 Å². The van der Waals surface area contributed by atoms with Gasteiger partial charge in [-0.25, -0.2) is 8.78 Å². The van der Waals surface area contributed by atoms with Gasteiger partial charge in [-0.3, -0.25) is 9.78 Å². The van der Waals surface area contributed by atoms with Crippen molar-refractivity contribution in [2.45, 2.75) is 13.0 Å². The third-order valence-corrected chi connectivity index (χ3v) is 4.00. The van der Waals surface area contributed by atoms with Crippen molar-refractivity contribution in [2.24, 2.45) is 0 Å². The summed E-state index contributed by atoms with van der Waals surface area (Å²) in [7, 11) is 0. The average Bonchev–Trinajstić information content (AvgIpc) is 2.68. The molecule has 28 heavy (non-hydrogen) atoms. The quantitative estimate of drug-likeness (QED) is 0.610. The van der Waals surface area contributed by atoms with Crippen molar-refractivity contribution in [3.63, 3.8) is 0 Å². The van der Waals surface area contributed by atoms with Crippen LogP contribution in [0.5, 0.6) is 11.5 Å². The lowest BCUT2D eigenvalue weighted by molar-refractivity contribution is -0.117. The highest BCUT2D eigenvalue weighted by molar-refractivity contribution is 5.92. The van der Waals surface area contributed by atoms with Crippen molar-refractivity contribution in [1.82, 2.24) is 10.3 Å². The van der Waals surface area contributed by atoms with Crippen LogP contribution in [0.4, 0.5) is 8.78 Å². The molecule has 142 valence electrons. The highest BCUT2D eigenvalue weighted by atomic mass is 19.1. The number of ether oxygens (including phenoxy) is 1. The summed E-state index contributed by atoms with van der Waals surface area (Å²) < 4.78 is 33.0. The Morgan fingerprint density at radius 3 is 2.43 bits per heavy atom. The zero-order valence-corrected chi connectivity index (χ0v) is 15.1. The van der Waals surface area contributed by atoms with Crippen molar-refractivity contribution >= 4 is 12.0 Å². The molecule has 1 atom stereocenters. The number of halogens is 2. The number of nitrogens with one attached hydrogen (secondary N) is 1. The number of carbonyl (C=O) groups excluding carboxylic acids is 1. The van der Waals surface area contributed by atoms with Gasteiger partial charge in [-0.15, -0.1) is 0 Å². The molecule has 4 nitrogen and oxygen atoms in total. The van der Waals surface area contributed by atoms with Crippen LogP contribution in [0, 0.1) is 11.6 Å². The van der Waals surface area contributed by atoms with Gasteiger partial charge in [-0.05, 0) is 55.0 Å². The Labute approximate surface area is 161 Å². The molecule has 1 aromatic heterocycles. The maximum Gasteiger partial charge on any atom is 0.244 e. The fourth-order valence-electron chi connectivity index (χ4n) is 2.56. The maximum atomic E-state index is 13.6. The van der Waals surface area contributed by atoms with Gasteiger partial charge in [-0.2, -0.15) is 0 Å². The molecule has 1 heterocycles. The second-order valence-corrected chi connectivity index (χ2v) is 6.06. The molecule has 0 unspecified atom stereocenters. The van der Waals surface area contributed by atoms with Crippen LogP contribution in [0.3, 0.4) is 0 Å². The summed E-state index contributed by atoms with van der Waals surface area (Å²) in [5.74, 6) is -0.640. The highest BCUT2D eigenvalue weighted by Gasteiger charge is 2.10. The predicted octanol–water partition coefficient (Wildman–Crippen LogP) is 5.04. The van der Waals surface area contributed by atoms with E-state index < -0.39 is 17.5 Å². The summed E-state index contributed by atoms with van der Waals surface area (Å²) in [4.78, 5) is 16.1. The van der Waals surface area contributed by atoms with Crippen molar-refractivity contribution in [3.8, 4) is 11.5 Å². The molecule has 1 amide bonds. The summed E-state index contributed by atoms with van der Waals surface area (Å²) in [5.41, 5.74) is 0.573. The lowest BCUT2D eigenvalue weighted by Crippen LogP contribution is -2.24. The lowest BCUT2D eigenvalue weighted by atomic mass is 10.1. The van der Waals surface area contributed by atoms with Gasteiger partial charge >= 0.3 is 0 Å². The van der Waals surface area contributed by atoms with Gasteiger partial charge in [-0.1, -0.05) is 18.2 Å². The van der Waals surface area contributed by atoms with Crippen molar-refractivity contribution in [1.29, 1.82) is 0 Å². The molecule has 3 rings (SSSR count). The van der Waals surface area contributed by atoms with E-state index in [0.29, 0.717) is 11.5 Å². The number of amides is 1. The monoisotopic (exact) mass is 380 g/mol. The fraction of sp³-hybridized carbons (Fsp3) is 0.0909. The van der Waals surface area contributed by atoms with Crippen molar-refractivity contribution < 1.29 is 18.3 Å². The van der Waals surface area contributed by atoms with Crippen molar-refractivity contribution in [2.75, 3.05) is 0 Å². The normalized spacial score (nSPS) is 12.0. The topological polar surface area (TPSA) is 51.2 Å². The zero-order valence-electron chi connectivity index (χ0n) is 15.1. The number of pyridine rings is 1. The van der Waals surface area contributed by atoms with Crippen LogP contribution in [-0.2, 0) is 4.79 Å². The Kier molecular flexibility index (Phi) is 6.11. The van der Waals surface area contributed by atoms with Crippen LogP contribution < -0.4 is 10.1 Å². The standard InChI is InChI=1S/C22H18F2N2O2/c1-15(26-22(27)9-8-19-20(23)6-3-7-21(19)24)16-4-2-5-18(14-16)28-17-10-12-25-13-11-17/h2-15H,1H3,(H,26,27)/t15-/m0/s1. The molecule has 6 heteroatoms. The molecule has 0 spiro atoms. The van der Waals surface area contributed by atoms with E-state index in [-0.39, 0.29) is 11.6 Å². The molecule has 1 N–H and O–H groups in total. The highest BCUT2D eigenvalue weighted by Crippen LogP contribution is 2.24. The Morgan fingerprint density at radius 1 is 1.04 bits per heavy atom. The first-order chi connectivity index (χ1) is 13.5. The number of hydrogen-bond donors (Lipinski definition) is 1. The van der Waals surface area contributed by atoms with Crippen LogP contribution in [-0.4, -0.2) is 10.9 Å². The van der Waals surface area contributed by atoms with E-state index in [1.165, 1.54) is 6.07 Å². The van der Waals surface area contributed by atoms with Crippen LogP contribution in [0.2, 0.25) is 0 Å². The molecule has 0 aliphatic heterocycles. The molecule has 0 saturated carbocycles. The molecule has 0 saturated heterocycles. The molecule has 0 bridgehead atoms. The molecule has 2 aromatic carbocycles. The van der Waals surface area contributed by atoms with Crippen LogP contribution in [0.1, 0.15) is 24.1 Å². The third kappa shape index (κ3) is 5.01. The van der Waals surface area contributed by atoms with Gasteiger partial charge in [0.15, 0.2) is 0 Å². The summed E-state index contributed by atoms with van der Waals surface area (Å²) >= 11 is 0. The van der Waals surface area contributed by atoms with E-state index in [1.807, 2.05) is 18.2 Å². The molecule has 3 aromatic rings. The number of nitrogens with zero attached hydrogens (tertiary/aromatic N) is 1. The van der Waals surface area contributed by atoms with Gasteiger partial charge < -0.3 is 10.1 Å². The summed E-state index contributed by atoms with van der Waals surface area (Å²) in [6.07, 6.45) is 5.49. The zero-order chi connectivity index (χ0) is 19.9. The first-order valence-electron chi connectivity index (χ1n) is 8.63. The number of carbonyl (C=O) groups is 1. The second kappa shape index (κ2) is 8.90. The van der Waals surface area contributed by atoms with Crippen LogP contribution in [0.15, 0.2) is 73.1 Å². The number of rotatable bonds is 6. The van der Waals surface area contributed by atoms with E-state index in [0.717, 1.165) is 29.8 Å². The molecule has 0 fully saturated rings. The Hall–Kier alpha value is -3.54. The van der Waals surface area contributed by atoms with Gasteiger partial charge in [0.05, 0.1) is 6.04 Å². The molecule has 0 radical (unpaired) electrons. The maximum absolute atomic E-state index is 13.6. The number of aromatic nitrogens is 1. The van der Waals surface area contributed by atoms with E-state index in [4.69, 9.17) is 4.74 Å². The minimum absolute atomic E-state index is 0.252. The molecular formula is C22H18F2N2O2. The second-order valence-electron chi connectivity index (χ2n) is 6.06. The lowest BCUT2D eigenvalue weighted by Gasteiger charge is -2.14. The van der Waals surface area contributed by atoms with Crippen LogP contribution >= 0.6 is 0 Å². The largest absolute Gasteiger partial charge is 0.457 e. The van der Waals surface area contributed by atoms with Crippen LogP contribution in [0.25, 0.3) is 6.08 Å². The predicted molar refractivity (Wildman–Crippen MR) is 103 cm³/mol. The summed E-state index contributed by atoms with van der Waals surface area (Å²) in [5, 5.41) is 2.76. The van der Waals surface area contributed by atoms with Gasteiger partial charge in [0.2, 0.25) is 5.91 Å². The van der Waals surface area contributed by atoms with E-state index >= 15 is 0 Å². The minimum Gasteiger partial charge on any atom is -0.457 e. The number of hydrogen-bond acceptors (Lipinski definition) is 3. The van der Waals surface area contributed by atoms with E-state index in [1.54, 1.807) is 37.5 Å². The minimum atomic E-state index is -0.724. The fourth-order valence-corrected chi connectivity index (χ4v) is 2.56. The Bertz CT molecular complexity index is 971. The Balaban J connectivity index is 1.65. The van der Waals surface area contributed by atoms with E-state index in [2.05, 4.69) is 10.3 Å². The molecule has 0 aliphatic rings. The summed E-state index contributed by atoms with van der Waals surface area (Å²) in [6, 6.07) is 14.0. The Morgan fingerprint density at radius 2 is 1.71 bits per heavy atom. The van der Waals surface area contributed by atoms with Crippen molar-refractivity contribution in [3.05, 3.63) is 95.8 Å². The summed E-state index contributed by atoms with van der Waals surface area (Å²) in [6.45, 7) is 1.81. The average molecular weight is 380 g/mol. The SMILES string of the molecule is C[C@H](NC(=O)C=Cc1c(F)cccc1F)c1cccc(Oc2ccncc2)c1. The first-order valence-corrected chi connectivity index (χ1v) is 8.63. The first kappa shape index (κ1) is 19.2. The van der Waals surface area contributed by atoms with Gasteiger partial charge in [0.25, 0.3) is 0 Å². The third-order valence-electron chi connectivity index (χ3n) is 4.00. The number of benzene rings is 2. The molecular weight excluding hydrogens is 362 g/mol. The van der Waals surface area contributed by atoms with E-state index in [9.17, 15) is 13.6 Å². The molecule has 0 aliphatic carbocycles.